The van der Waals surface area contributed by atoms with Gasteiger partial charge in [-0.15, -0.1) is 11.3 Å². The number of rotatable bonds is 7. The van der Waals surface area contributed by atoms with Crippen molar-refractivity contribution >= 4 is 39.3 Å². The Morgan fingerprint density at radius 3 is 2.69 bits per heavy atom. The molecular formula is C23H22N4O7S. The third-order valence-corrected chi connectivity index (χ3v) is 7.77. The highest BCUT2D eigenvalue weighted by Gasteiger charge is 2.60. The van der Waals surface area contributed by atoms with Crippen LogP contribution in [0.2, 0.25) is 0 Å². The lowest BCUT2D eigenvalue weighted by Gasteiger charge is -2.46. The summed E-state index contributed by atoms with van der Waals surface area (Å²) in [7, 11) is 0. The Labute approximate surface area is 203 Å². The molecule has 0 saturated carbocycles. The number of β-lactam (4-membered cyclic amide) rings is 1. The number of amides is 1. The third kappa shape index (κ3) is 3.61. The minimum Gasteiger partial charge on any atom is -0.456 e. The van der Waals surface area contributed by atoms with Crippen LogP contribution in [0.5, 0.6) is 0 Å². The second-order valence-corrected chi connectivity index (χ2v) is 9.70. The highest BCUT2D eigenvalue weighted by atomic mass is 32.1. The largest absolute Gasteiger partial charge is 0.456 e. The Kier molecular flexibility index (Phi) is 5.66. The van der Waals surface area contributed by atoms with Crippen LogP contribution in [0, 0.1) is 22.0 Å². The molecule has 0 unspecified atom stereocenters. The molecule has 1 amide bonds. The number of nitro groups is 1. The highest BCUT2D eigenvalue weighted by Crippen LogP contribution is 2.51. The van der Waals surface area contributed by atoms with Gasteiger partial charge in [-0.2, -0.15) is 0 Å². The van der Waals surface area contributed by atoms with Crippen molar-refractivity contribution in [2.24, 2.45) is 11.8 Å². The number of carbonyl (C=O) groups is 2. The van der Waals surface area contributed by atoms with Crippen LogP contribution in [-0.4, -0.2) is 53.4 Å². The van der Waals surface area contributed by atoms with Gasteiger partial charge in [0, 0.05) is 29.8 Å². The van der Waals surface area contributed by atoms with Crippen LogP contribution in [-0.2, 0) is 27.5 Å². The number of benzene rings is 1. The zero-order valence-corrected chi connectivity index (χ0v) is 19.6. The van der Waals surface area contributed by atoms with E-state index < -0.39 is 22.9 Å². The summed E-state index contributed by atoms with van der Waals surface area (Å²) in [5.41, 5.74) is 1.77. The van der Waals surface area contributed by atoms with Gasteiger partial charge in [0.25, 0.3) is 5.69 Å². The predicted molar refractivity (Wildman–Crippen MR) is 124 cm³/mol. The Balaban J connectivity index is 1.49. The maximum absolute atomic E-state index is 13.3. The number of thiazole rings is 1. The van der Waals surface area contributed by atoms with E-state index in [0.29, 0.717) is 16.8 Å². The maximum Gasteiger partial charge on any atom is 0.355 e. The van der Waals surface area contributed by atoms with Gasteiger partial charge in [-0.25, -0.2) is 9.78 Å². The Morgan fingerprint density at radius 2 is 2.06 bits per heavy atom. The molecule has 2 aliphatic rings. The van der Waals surface area contributed by atoms with Crippen molar-refractivity contribution in [2.45, 2.75) is 39.2 Å². The fourth-order valence-corrected chi connectivity index (χ4v) is 6.10. The van der Waals surface area contributed by atoms with Gasteiger partial charge in [-0.05, 0) is 24.6 Å². The topological polar surface area (TPSA) is 148 Å². The SMILES string of the molecule is C[C@@H](O)[C@H]1C(=O)N2C(C(=O)OCc3ccc([N+](=O)[O-])cc3)=C(c3cn4cnc(CO)c4s3)[C@H](C)[C@H]12. The molecule has 0 radical (unpaired) electrons. The first-order valence-corrected chi connectivity index (χ1v) is 11.8. The molecule has 182 valence electrons. The summed E-state index contributed by atoms with van der Waals surface area (Å²) in [6, 6.07) is 5.29. The van der Waals surface area contributed by atoms with Crippen LogP contribution in [0.15, 0.2) is 42.5 Å². The van der Waals surface area contributed by atoms with Gasteiger partial charge in [-0.1, -0.05) is 6.92 Å². The lowest BCUT2D eigenvalue weighted by atomic mass is 9.77. The number of nitro benzene ring substituents is 1. The monoisotopic (exact) mass is 498 g/mol. The van der Waals surface area contributed by atoms with Gasteiger partial charge in [0.15, 0.2) is 0 Å². The minimum atomic E-state index is -0.868. The zero-order chi connectivity index (χ0) is 25.0. The van der Waals surface area contributed by atoms with Gasteiger partial charge >= 0.3 is 5.97 Å². The molecule has 0 aliphatic carbocycles. The van der Waals surface area contributed by atoms with Crippen molar-refractivity contribution in [1.82, 2.24) is 14.3 Å². The summed E-state index contributed by atoms with van der Waals surface area (Å²) in [6.45, 7) is 3.11. The average molecular weight is 499 g/mol. The van der Waals surface area contributed by atoms with Crippen LogP contribution < -0.4 is 0 Å². The number of non-ortho nitro benzene ring substituents is 1. The molecule has 2 N–H and O–H groups in total. The molecule has 1 fully saturated rings. The fourth-order valence-electron chi connectivity index (χ4n) is 4.90. The van der Waals surface area contributed by atoms with Crippen LogP contribution in [0.4, 0.5) is 5.69 Å². The molecule has 1 saturated heterocycles. The fraction of sp³-hybridized carbons (Fsp3) is 0.348. The van der Waals surface area contributed by atoms with Crippen molar-refractivity contribution in [1.29, 1.82) is 0 Å². The van der Waals surface area contributed by atoms with Crippen LogP contribution in [0.25, 0.3) is 10.4 Å². The number of carbonyl (C=O) groups excluding carboxylic acids is 2. The van der Waals surface area contributed by atoms with Crippen molar-refractivity contribution < 1.29 is 29.5 Å². The van der Waals surface area contributed by atoms with Gasteiger partial charge in [0.1, 0.15) is 29.2 Å². The number of fused-ring (bicyclic) bond motifs is 2. The molecule has 4 heterocycles. The minimum absolute atomic E-state index is 0.0706. The molecular weight excluding hydrogens is 476 g/mol. The number of nitrogens with zero attached hydrogens (tertiary/aromatic N) is 4. The van der Waals surface area contributed by atoms with E-state index in [9.17, 15) is 29.9 Å². The first kappa shape index (κ1) is 23.1. The average Bonchev–Trinajstić information content (AvgIpc) is 3.47. The summed E-state index contributed by atoms with van der Waals surface area (Å²) < 4.78 is 7.29. The normalized spacial score (nSPS) is 22.3. The van der Waals surface area contributed by atoms with Crippen molar-refractivity contribution in [3.8, 4) is 0 Å². The van der Waals surface area contributed by atoms with E-state index in [1.54, 1.807) is 23.8 Å². The third-order valence-electron chi connectivity index (χ3n) is 6.58. The van der Waals surface area contributed by atoms with Crippen molar-refractivity contribution in [3.05, 3.63) is 68.7 Å². The van der Waals surface area contributed by atoms with Gasteiger partial charge in [0.05, 0.1) is 34.5 Å². The molecule has 12 heteroatoms. The molecule has 0 spiro atoms. The number of aliphatic hydroxyl groups is 2. The maximum atomic E-state index is 13.3. The van der Waals surface area contributed by atoms with Crippen LogP contribution in [0.3, 0.4) is 0 Å². The molecule has 2 aromatic heterocycles. The second kappa shape index (κ2) is 8.56. The first-order chi connectivity index (χ1) is 16.7. The standard InChI is InChI=1S/C23H22N4O7S/c1-11-17(16-7-25-10-24-15(8-28)22(25)35-16)20(26-19(11)18(12(2)29)21(26)30)23(31)34-9-13-3-5-14(6-4-13)27(32)33/h3-7,10-12,18-19,28-29H,8-9H2,1-2H3/t11-,12+,18+,19+/m0/s1. The molecule has 2 aliphatic heterocycles. The lowest BCUT2D eigenvalue weighted by molar-refractivity contribution is -0.384. The van der Waals surface area contributed by atoms with E-state index in [1.807, 2.05) is 6.92 Å². The van der Waals surface area contributed by atoms with E-state index in [-0.39, 0.29) is 42.5 Å². The number of hydrogen-bond donors (Lipinski definition) is 2. The number of ether oxygens (including phenoxy) is 1. The highest BCUT2D eigenvalue weighted by molar-refractivity contribution is 7.18. The van der Waals surface area contributed by atoms with Crippen LogP contribution in [0.1, 0.15) is 30.0 Å². The summed E-state index contributed by atoms with van der Waals surface area (Å²) in [5.74, 6) is -1.90. The van der Waals surface area contributed by atoms with E-state index in [2.05, 4.69) is 4.98 Å². The molecule has 4 atom stereocenters. The number of imidazole rings is 1. The number of hydrogen-bond acceptors (Lipinski definition) is 9. The van der Waals surface area contributed by atoms with E-state index in [0.717, 1.165) is 9.71 Å². The summed E-state index contributed by atoms with van der Waals surface area (Å²) in [4.78, 5) is 43.6. The lowest BCUT2D eigenvalue weighted by Crippen LogP contribution is -2.63. The van der Waals surface area contributed by atoms with Gasteiger partial charge < -0.3 is 19.8 Å². The Hall–Kier alpha value is -3.61. The van der Waals surface area contributed by atoms with Crippen LogP contribution >= 0.6 is 11.3 Å². The molecule has 0 bridgehead atoms. The van der Waals surface area contributed by atoms with Crippen molar-refractivity contribution in [2.75, 3.05) is 0 Å². The Bertz CT molecular complexity index is 1370. The van der Waals surface area contributed by atoms with Gasteiger partial charge in [-0.3, -0.25) is 19.3 Å². The van der Waals surface area contributed by atoms with Gasteiger partial charge in [0.2, 0.25) is 5.91 Å². The first-order valence-electron chi connectivity index (χ1n) is 10.9. The molecule has 1 aromatic carbocycles. The number of aromatic nitrogens is 2. The van der Waals surface area contributed by atoms with E-state index in [1.165, 1.54) is 40.5 Å². The molecule has 5 rings (SSSR count). The molecule has 3 aromatic rings. The molecule has 11 nitrogen and oxygen atoms in total. The summed E-state index contributed by atoms with van der Waals surface area (Å²) >= 11 is 1.35. The summed E-state index contributed by atoms with van der Waals surface area (Å²) in [6.07, 6.45) is 2.51. The number of aliphatic hydroxyl groups excluding tert-OH is 2. The molecule has 35 heavy (non-hydrogen) atoms. The second-order valence-electron chi connectivity index (χ2n) is 8.67. The quantitative estimate of drug-likeness (QED) is 0.218. The Morgan fingerprint density at radius 1 is 1.34 bits per heavy atom. The smallest absolute Gasteiger partial charge is 0.355 e. The van der Waals surface area contributed by atoms with E-state index in [4.69, 9.17) is 4.74 Å². The predicted octanol–water partition coefficient (Wildman–Crippen LogP) is 2.11. The van der Waals surface area contributed by atoms with Crippen molar-refractivity contribution in [3.63, 3.8) is 0 Å². The summed E-state index contributed by atoms with van der Waals surface area (Å²) in [5, 5.41) is 30.6. The number of esters is 1. The zero-order valence-electron chi connectivity index (χ0n) is 18.8. The van der Waals surface area contributed by atoms with E-state index >= 15 is 0 Å².